The maximum Gasteiger partial charge on any atom is 0.355 e. The van der Waals surface area contributed by atoms with E-state index in [1.165, 1.54) is 25.9 Å². The van der Waals surface area contributed by atoms with Crippen LogP contribution in [0.4, 0.5) is 5.69 Å². The van der Waals surface area contributed by atoms with Gasteiger partial charge in [-0.2, -0.15) is 0 Å². The lowest BCUT2D eigenvalue weighted by molar-refractivity contribution is 0.0591. The number of nitrogens with two attached hydrogens (primary N) is 1. The average molecular weight is 611 g/mol. The Hall–Kier alpha value is -5.48. The highest BCUT2D eigenvalue weighted by Crippen LogP contribution is 2.42. The number of hydrogen-bond donors (Lipinski definition) is 2. The lowest BCUT2D eigenvalue weighted by atomic mass is 9.95. The number of aromatic nitrogens is 3. The topological polar surface area (TPSA) is 131 Å². The minimum atomic E-state index is -0.728. The Morgan fingerprint density at radius 1 is 0.932 bits per heavy atom. The molecule has 6 aromatic rings. The van der Waals surface area contributed by atoms with Gasteiger partial charge in [-0.25, -0.2) is 9.78 Å². The first-order chi connectivity index (χ1) is 21.3. The summed E-state index contributed by atoms with van der Waals surface area (Å²) in [7, 11) is 4.21. The molecule has 2 heterocycles. The summed E-state index contributed by atoms with van der Waals surface area (Å²) in [6.07, 6.45) is 0. The summed E-state index contributed by atoms with van der Waals surface area (Å²) in [5.41, 5.74) is 9.01. The van der Waals surface area contributed by atoms with Crippen LogP contribution in [-0.4, -0.2) is 41.8 Å². The molecule has 0 amide bonds. The fraction of sp³-hybridized carbons (Fsp3) is 0.121. The molecule has 0 aliphatic rings. The van der Waals surface area contributed by atoms with E-state index in [1.807, 2.05) is 24.3 Å². The number of carbonyl (C=O) groups excluding carboxylic acids is 1. The number of ether oxygens (including phenoxy) is 4. The minimum absolute atomic E-state index is 0.00264. The zero-order chi connectivity index (χ0) is 31.0. The number of nitrogen functional groups attached to an aromatic ring is 1. The molecule has 0 fully saturated rings. The molecule has 0 saturated carbocycles. The van der Waals surface area contributed by atoms with Crippen LogP contribution < -0.4 is 25.5 Å². The second kappa shape index (κ2) is 11.7. The van der Waals surface area contributed by atoms with E-state index in [0.29, 0.717) is 56.3 Å². The fourth-order valence-corrected chi connectivity index (χ4v) is 5.42. The number of rotatable bonds is 8. The molecular formula is C33H27ClN4O6. The smallest absolute Gasteiger partial charge is 0.355 e. The monoisotopic (exact) mass is 610 g/mol. The van der Waals surface area contributed by atoms with Crippen molar-refractivity contribution in [3.63, 3.8) is 0 Å². The highest BCUT2D eigenvalue weighted by Gasteiger charge is 2.27. The Bertz CT molecular complexity index is 2040. The third-order valence-electron chi connectivity index (χ3n) is 7.23. The molecule has 0 aliphatic carbocycles. The van der Waals surface area contributed by atoms with Gasteiger partial charge in [-0.15, -0.1) is 0 Å². The molecular weight excluding hydrogens is 584 g/mol. The van der Waals surface area contributed by atoms with Gasteiger partial charge in [-0.1, -0.05) is 23.7 Å². The molecule has 11 heteroatoms. The number of fused-ring (bicyclic) bond motifs is 2. The molecule has 3 N–H and O–H groups in total. The van der Waals surface area contributed by atoms with E-state index in [-0.39, 0.29) is 17.3 Å². The lowest BCUT2D eigenvalue weighted by Crippen LogP contribution is -2.27. The van der Waals surface area contributed by atoms with Gasteiger partial charge >= 0.3 is 5.97 Å². The molecule has 2 aromatic heterocycles. The van der Waals surface area contributed by atoms with Crippen molar-refractivity contribution in [3.05, 3.63) is 106 Å². The number of benzene rings is 4. The summed E-state index contributed by atoms with van der Waals surface area (Å²) in [6.45, 7) is 0.144. The molecule has 0 saturated heterocycles. The number of aromatic amines is 1. The molecule has 10 nitrogen and oxygen atoms in total. The number of H-pyrrole nitrogens is 1. The van der Waals surface area contributed by atoms with Crippen LogP contribution in [-0.2, 0) is 11.3 Å². The number of para-hydroxylation sites is 2. The summed E-state index contributed by atoms with van der Waals surface area (Å²) < 4.78 is 23.6. The minimum Gasteiger partial charge on any atom is -0.495 e. The van der Waals surface area contributed by atoms with E-state index in [1.54, 1.807) is 54.6 Å². The van der Waals surface area contributed by atoms with E-state index in [9.17, 15) is 9.59 Å². The quantitative estimate of drug-likeness (QED) is 0.155. The van der Waals surface area contributed by atoms with Crippen molar-refractivity contribution in [2.75, 3.05) is 27.1 Å². The van der Waals surface area contributed by atoms with Gasteiger partial charge in [0.25, 0.3) is 5.56 Å². The number of methoxy groups -OCH3 is 3. The third-order valence-corrected chi connectivity index (χ3v) is 7.61. The third kappa shape index (κ3) is 5.05. The van der Waals surface area contributed by atoms with E-state index in [4.69, 9.17) is 36.3 Å². The number of carbonyl (C=O) groups is 1. The number of imidazole rings is 1. The highest BCUT2D eigenvalue weighted by atomic mass is 35.5. The van der Waals surface area contributed by atoms with Crippen LogP contribution in [0, 0.1) is 0 Å². The second-order valence-electron chi connectivity index (χ2n) is 9.84. The van der Waals surface area contributed by atoms with Gasteiger partial charge in [0.15, 0.2) is 0 Å². The number of halogens is 1. The molecule has 0 aliphatic heterocycles. The summed E-state index contributed by atoms with van der Waals surface area (Å²) >= 11 is 6.48. The van der Waals surface area contributed by atoms with Crippen molar-refractivity contribution in [1.82, 2.24) is 14.5 Å². The van der Waals surface area contributed by atoms with Gasteiger partial charge in [0, 0.05) is 16.9 Å². The van der Waals surface area contributed by atoms with E-state index >= 15 is 0 Å². The molecule has 6 rings (SSSR count). The molecule has 0 bridgehead atoms. The average Bonchev–Trinajstić information content (AvgIpc) is 3.47. The zero-order valence-electron chi connectivity index (χ0n) is 24.0. The standard InChI is InChI=1S/C33H27ClN4O6/c1-41-26-14-18(15-27(42-2)30(26)34)29-22-13-12-21(44-17-28-36-24-6-4-5-7-25(24)37-28)16-23(22)32(39)38(31(29)33(40)43-3)20-10-8-19(35)9-11-20/h4-16H,17,35H2,1-3H3,(H,36,37). The SMILES string of the molecule is COC(=O)c1c(-c2cc(OC)c(Cl)c(OC)c2)c2ccc(OCc3nc4ccccc4[nH]3)cc2c(=O)n1-c1ccc(N)cc1. The van der Waals surface area contributed by atoms with Gasteiger partial charge in [0.1, 0.15) is 40.4 Å². The molecule has 222 valence electrons. The largest absolute Gasteiger partial charge is 0.495 e. The first-order valence-corrected chi connectivity index (χ1v) is 13.9. The first kappa shape index (κ1) is 28.6. The summed E-state index contributed by atoms with van der Waals surface area (Å²) in [5.74, 6) is 0.977. The van der Waals surface area contributed by atoms with Crippen LogP contribution in [0.3, 0.4) is 0 Å². The van der Waals surface area contributed by atoms with Crippen LogP contribution in [0.1, 0.15) is 16.3 Å². The van der Waals surface area contributed by atoms with Crippen LogP contribution in [0.2, 0.25) is 5.02 Å². The van der Waals surface area contributed by atoms with Crippen molar-refractivity contribution in [2.45, 2.75) is 6.61 Å². The van der Waals surface area contributed by atoms with Crippen LogP contribution in [0.15, 0.2) is 83.7 Å². The number of pyridine rings is 1. The van der Waals surface area contributed by atoms with E-state index in [0.717, 1.165) is 11.0 Å². The Balaban J connectivity index is 1.60. The zero-order valence-corrected chi connectivity index (χ0v) is 24.8. The van der Waals surface area contributed by atoms with E-state index in [2.05, 4.69) is 9.97 Å². The lowest BCUT2D eigenvalue weighted by Gasteiger charge is -2.20. The summed E-state index contributed by atoms with van der Waals surface area (Å²) in [5, 5.41) is 1.03. The number of hydrogen-bond acceptors (Lipinski definition) is 8. The van der Waals surface area contributed by atoms with Crippen LogP contribution >= 0.6 is 11.6 Å². The summed E-state index contributed by atoms with van der Waals surface area (Å²) in [6, 6.07) is 22.7. The van der Waals surface area contributed by atoms with Crippen molar-refractivity contribution in [3.8, 4) is 34.1 Å². The predicted octanol–water partition coefficient (Wildman–Crippen LogP) is 6.15. The molecule has 44 heavy (non-hydrogen) atoms. The van der Waals surface area contributed by atoms with Crippen LogP contribution in [0.25, 0.3) is 38.6 Å². The molecule has 4 aromatic carbocycles. The Kier molecular flexibility index (Phi) is 7.59. The van der Waals surface area contributed by atoms with Crippen molar-refractivity contribution < 1.29 is 23.7 Å². The van der Waals surface area contributed by atoms with Crippen molar-refractivity contribution in [1.29, 1.82) is 0 Å². The highest BCUT2D eigenvalue weighted by molar-refractivity contribution is 6.33. The number of anilines is 1. The number of nitrogens with one attached hydrogen (secondary N) is 1. The molecule has 0 atom stereocenters. The fourth-order valence-electron chi connectivity index (χ4n) is 5.16. The normalized spacial score (nSPS) is 11.1. The second-order valence-corrected chi connectivity index (χ2v) is 10.2. The number of nitrogens with zero attached hydrogens (tertiary/aromatic N) is 2. The Morgan fingerprint density at radius 2 is 1.64 bits per heavy atom. The Labute approximate surface area is 256 Å². The van der Waals surface area contributed by atoms with Crippen LogP contribution in [0.5, 0.6) is 17.2 Å². The Morgan fingerprint density at radius 3 is 2.30 bits per heavy atom. The maximum atomic E-state index is 14.3. The molecule has 0 spiro atoms. The number of esters is 1. The van der Waals surface area contributed by atoms with Gasteiger partial charge in [0.05, 0.1) is 37.7 Å². The van der Waals surface area contributed by atoms with Gasteiger partial charge < -0.3 is 29.7 Å². The van der Waals surface area contributed by atoms with E-state index < -0.39 is 11.5 Å². The summed E-state index contributed by atoms with van der Waals surface area (Å²) in [4.78, 5) is 35.6. The first-order valence-electron chi connectivity index (χ1n) is 13.5. The van der Waals surface area contributed by atoms with Gasteiger partial charge in [-0.3, -0.25) is 9.36 Å². The van der Waals surface area contributed by atoms with Gasteiger partial charge in [-0.05, 0) is 77.7 Å². The molecule has 0 radical (unpaired) electrons. The van der Waals surface area contributed by atoms with Crippen molar-refractivity contribution >= 4 is 45.1 Å². The predicted molar refractivity (Wildman–Crippen MR) is 169 cm³/mol. The maximum absolute atomic E-state index is 14.3. The van der Waals surface area contributed by atoms with Crippen molar-refractivity contribution in [2.24, 2.45) is 0 Å². The van der Waals surface area contributed by atoms with Gasteiger partial charge in [0.2, 0.25) is 0 Å². The molecule has 0 unspecified atom stereocenters.